The molecule has 0 fully saturated rings. The third-order valence-corrected chi connectivity index (χ3v) is 4.08. The van der Waals surface area contributed by atoms with Gasteiger partial charge in [-0.25, -0.2) is 9.59 Å². The zero-order valence-electron chi connectivity index (χ0n) is 16.1. The minimum absolute atomic E-state index is 0.128. The van der Waals surface area contributed by atoms with Crippen LogP contribution in [0.15, 0.2) is 42.5 Å². The van der Waals surface area contributed by atoms with Crippen LogP contribution >= 0.6 is 0 Å². The van der Waals surface area contributed by atoms with E-state index in [-0.39, 0.29) is 12.1 Å². The standard InChI is InChI=1S/C20H25N3O5/c1-4-13(5-2)21-19(24)22-15-8-11-17(18(12-15)27-3)28-16-9-6-14(7-10-16)23-20(25)26/h6-13,23H,4-5H2,1-3H3,(H,25,26)(H2,21,22,24). The Morgan fingerprint density at radius 1 is 0.964 bits per heavy atom. The van der Waals surface area contributed by atoms with Crippen molar-refractivity contribution in [2.75, 3.05) is 17.7 Å². The molecule has 0 saturated heterocycles. The van der Waals surface area contributed by atoms with E-state index in [1.54, 1.807) is 42.5 Å². The maximum absolute atomic E-state index is 12.1. The number of benzene rings is 2. The number of carbonyl (C=O) groups is 2. The van der Waals surface area contributed by atoms with E-state index in [0.717, 1.165) is 12.8 Å². The zero-order valence-corrected chi connectivity index (χ0v) is 16.1. The number of rotatable bonds is 8. The lowest BCUT2D eigenvalue weighted by molar-refractivity contribution is 0.209. The van der Waals surface area contributed by atoms with Gasteiger partial charge < -0.3 is 25.2 Å². The normalized spacial score (nSPS) is 10.3. The number of carboxylic acid groups (broad SMARTS) is 1. The minimum atomic E-state index is -1.13. The molecular weight excluding hydrogens is 362 g/mol. The predicted molar refractivity (Wildman–Crippen MR) is 108 cm³/mol. The van der Waals surface area contributed by atoms with Crippen LogP contribution in [0.3, 0.4) is 0 Å². The molecule has 0 heterocycles. The Morgan fingerprint density at radius 2 is 1.61 bits per heavy atom. The maximum Gasteiger partial charge on any atom is 0.409 e. The first kappa shape index (κ1) is 20.9. The summed E-state index contributed by atoms with van der Waals surface area (Å²) >= 11 is 0. The van der Waals surface area contributed by atoms with Gasteiger partial charge in [0.15, 0.2) is 11.5 Å². The number of ether oxygens (including phenoxy) is 2. The van der Waals surface area contributed by atoms with E-state index in [4.69, 9.17) is 14.6 Å². The molecule has 0 aliphatic carbocycles. The molecule has 8 heteroatoms. The van der Waals surface area contributed by atoms with Crippen LogP contribution in [0, 0.1) is 0 Å². The lowest BCUT2D eigenvalue weighted by Gasteiger charge is -2.16. The van der Waals surface area contributed by atoms with Crippen LogP contribution in [0.4, 0.5) is 21.0 Å². The molecule has 0 aliphatic rings. The number of hydrogen-bond donors (Lipinski definition) is 4. The van der Waals surface area contributed by atoms with Gasteiger partial charge in [-0.05, 0) is 49.2 Å². The number of anilines is 2. The van der Waals surface area contributed by atoms with E-state index in [1.165, 1.54) is 7.11 Å². The summed E-state index contributed by atoms with van der Waals surface area (Å²) in [6, 6.07) is 11.4. The number of hydrogen-bond acceptors (Lipinski definition) is 4. The largest absolute Gasteiger partial charge is 0.493 e. The Bertz CT molecular complexity index is 804. The summed E-state index contributed by atoms with van der Waals surface area (Å²) in [6.45, 7) is 4.04. The second-order valence-electron chi connectivity index (χ2n) is 6.03. The van der Waals surface area contributed by atoms with Crippen LogP contribution in [0.5, 0.6) is 17.2 Å². The van der Waals surface area contributed by atoms with Crippen LogP contribution in [0.2, 0.25) is 0 Å². The Kier molecular flexibility index (Phi) is 7.50. The number of urea groups is 1. The topological polar surface area (TPSA) is 109 Å². The molecule has 150 valence electrons. The highest BCUT2D eigenvalue weighted by Crippen LogP contribution is 2.34. The summed E-state index contributed by atoms with van der Waals surface area (Å²) < 4.78 is 11.1. The number of carbonyl (C=O) groups excluding carboxylic acids is 1. The van der Waals surface area contributed by atoms with Crippen molar-refractivity contribution in [3.05, 3.63) is 42.5 Å². The van der Waals surface area contributed by atoms with Crippen molar-refractivity contribution in [1.29, 1.82) is 0 Å². The van der Waals surface area contributed by atoms with Crippen molar-refractivity contribution >= 4 is 23.5 Å². The molecule has 2 rings (SSSR count). The van der Waals surface area contributed by atoms with Gasteiger partial charge in [-0.2, -0.15) is 0 Å². The predicted octanol–water partition coefficient (Wildman–Crippen LogP) is 4.89. The summed E-state index contributed by atoms with van der Waals surface area (Å²) in [7, 11) is 1.51. The van der Waals surface area contributed by atoms with E-state index in [0.29, 0.717) is 28.6 Å². The highest BCUT2D eigenvalue weighted by Gasteiger charge is 2.11. The van der Waals surface area contributed by atoms with Crippen molar-refractivity contribution in [2.45, 2.75) is 32.7 Å². The van der Waals surface area contributed by atoms with Crippen molar-refractivity contribution < 1.29 is 24.2 Å². The molecular formula is C20H25N3O5. The molecule has 8 nitrogen and oxygen atoms in total. The Morgan fingerprint density at radius 3 is 2.18 bits per heavy atom. The Balaban J connectivity index is 2.06. The van der Waals surface area contributed by atoms with Crippen molar-refractivity contribution in [3.8, 4) is 17.2 Å². The third-order valence-electron chi connectivity index (χ3n) is 4.08. The summed E-state index contributed by atoms with van der Waals surface area (Å²) in [5.74, 6) is 1.43. The molecule has 0 bridgehead atoms. The quantitative estimate of drug-likeness (QED) is 0.516. The fourth-order valence-electron chi connectivity index (χ4n) is 2.53. The van der Waals surface area contributed by atoms with Crippen LogP contribution in [0.1, 0.15) is 26.7 Å². The number of nitrogens with one attached hydrogen (secondary N) is 3. The first-order valence-corrected chi connectivity index (χ1v) is 8.98. The second kappa shape index (κ2) is 10.1. The minimum Gasteiger partial charge on any atom is -0.493 e. The van der Waals surface area contributed by atoms with Crippen LogP contribution in [-0.2, 0) is 0 Å². The fourth-order valence-corrected chi connectivity index (χ4v) is 2.53. The first-order valence-electron chi connectivity index (χ1n) is 8.98. The van der Waals surface area contributed by atoms with Crippen molar-refractivity contribution in [1.82, 2.24) is 5.32 Å². The smallest absolute Gasteiger partial charge is 0.409 e. The van der Waals surface area contributed by atoms with Crippen molar-refractivity contribution in [2.24, 2.45) is 0 Å². The number of methoxy groups -OCH3 is 1. The maximum atomic E-state index is 12.1. The molecule has 3 amide bonds. The fraction of sp³-hybridized carbons (Fsp3) is 0.300. The van der Waals surface area contributed by atoms with Crippen LogP contribution in [0.25, 0.3) is 0 Å². The molecule has 2 aromatic carbocycles. The van der Waals surface area contributed by atoms with Crippen LogP contribution in [-0.4, -0.2) is 30.4 Å². The lowest BCUT2D eigenvalue weighted by atomic mass is 10.2. The second-order valence-corrected chi connectivity index (χ2v) is 6.03. The Hall–Kier alpha value is -3.42. The van der Waals surface area contributed by atoms with Crippen molar-refractivity contribution in [3.63, 3.8) is 0 Å². The summed E-state index contributed by atoms with van der Waals surface area (Å²) in [5, 5.41) is 16.7. The third kappa shape index (κ3) is 6.08. The van der Waals surface area contributed by atoms with E-state index >= 15 is 0 Å². The molecule has 0 atom stereocenters. The van der Waals surface area contributed by atoms with Gasteiger partial charge in [-0.3, -0.25) is 5.32 Å². The summed E-state index contributed by atoms with van der Waals surface area (Å²) in [5.41, 5.74) is 1.02. The molecule has 0 saturated carbocycles. The Labute approximate surface area is 163 Å². The summed E-state index contributed by atoms with van der Waals surface area (Å²) in [4.78, 5) is 22.7. The highest BCUT2D eigenvalue weighted by atomic mass is 16.5. The van der Waals surface area contributed by atoms with Gasteiger partial charge in [-0.1, -0.05) is 13.8 Å². The monoisotopic (exact) mass is 387 g/mol. The van der Waals surface area contributed by atoms with Gasteiger partial charge in [0.1, 0.15) is 5.75 Å². The SMILES string of the molecule is CCC(CC)NC(=O)Nc1ccc(Oc2ccc(NC(=O)O)cc2)c(OC)c1. The molecule has 4 N–H and O–H groups in total. The molecule has 0 aromatic heterocycles. The average molecular weight is 387 g/mol. The molecule has 0 spiro atoms. The molecule has 0 radical (unpaired) electrons. The van der Waals surface area contributed by atoms with E-state index in [2.05, 4.69) is 16.0 Å². The van der Waals surface area contributed by atoms with Crippen LogP contribution < -0.4 is 25.4 Å². The van der Waals surface area contributed by atoms with Gasteiger partial charge >= 0.3 is 12.1 Å². The van der Waals surface area contributed by atoms with E-state index in [1.807, 2.05) is 13.8 Å². The van der Waals surface area contributed by atoms with Gasteiger partial charge in [0.25, 0.3) is 0 Å². The summed E-state index contributed by atoms with van der Waals surface area (Å²) in [6.07, 6.45) is 0.591. The van der Waals surface area contributed by atoms with Gasteiger partial charge in [0.2, 0.25) is 0 Å². The lowest BCUT2D eigenvalue weighted by Crippen LogP contribution is -2.37. The zero-order chi connectivity index (χ0) is 20.5. The van der Waals surface area contributed by atoms with Gasteiger partial charge in [-0.15, -0.1) is 0 Å². The molecule has 2 aromatic rings. The molecule has 28 heavy (non-hydrogen) atoms. The first-order chi connectivity index (χ1) is 13.4. The van der Waals surface area contributed by atoms with E-state index < -0.39 is 6.09 Å². The number of amides is 3. The van der Waals surface area contributed by atoms with E-state index in [9.17, 15) is 9.59 Å². The molecule has 0 aliphatic heterocycles. The average Bonchev–Trinajstić information content (AvgIpc) is 2.68. The van der Waals surface area contributed by atoms with Gasteiger partial charge in [0.05, 0.1) is 7.11 Å². The molecule has 0 unspecified atom stereocenters. The highest BCUT2D eigenvalue weighted by molar-refractivity contribution is 5.89. The van der Waals surface area contributed by atoms with Gasteiger partial charge in [0, 0.05) is 23.5 Å².